The van der Waals surface area contributed by atoms with Crippen LogP contribution in [0.2, 0.25) is 0 Å². The Morgan fingerprint density at radius 1 is 1.13 bits per heavy atom. The molecule has 1 aliphatic rings. The molecule has 0 radical (unpaired) electrons. The van der Waals surface area contributed by atoms with E-state index in [1.54, 1.807) is 6.07 Å². The lowest BCUT2D eigenvalue weighted by Gasteiger charge is -2.26. The zero-order valence-corrected chi connectivity index (χ0v) is 20.3. The van der Waals surface area contributed by atoms with Crippen LogP contribution in [0.3, 0.4) is 0 Å². The topological polar surface area (TPSA) is 84.9 Å². The highest BCUT2D eigenvalue weighted by molar-refractivity contribution is 9.10. The van der Waals surface area contributed by atoms with Crippen LogP contribution in [-0.4, -0.2) is 52.0 Å². The Labute approximate surface area is 191 Å². The Balaban J connectivity index is 1.98. The number of methoxy groups -OCH3 is 1. The predicted octanol–water partition coefficient (Wildman–Crippen LogP) is 3.86. The number of morpholine rings is 1. The molecule has 9 heteroatoms. The van der Waals surface area contributed by atoms with Crippen LogP contribution in [0.15, 0.2) is 39.7 Å². The highest BCUT2D eigenvalue weighted by Gasteiger charge is 2.30. The second kappa shape index (κ2) is 10.1. The van der Waals surface area contributed by atoms with Crippen LogP contribution >= 0.6 is 15.9 Å². The number of rotatable bonds is 7. The van der Waals surface area contributed by atoms with Crippen molar-refractivity contribution in [2.75, 3.05) is 38.7 Å². The van der Waals surface area contributed by atoms with E-state index < -0.39 is 10.0 Å². The summed E-state index contributed by atoms with van der Waals surface area (Å²) in [6, 6.07) is 8.44. The van der Waals surface area contributed by atoms with E-state index in [1.807, 2.05) is 26.0 Å². The minimum atomic E-state index is -3.82. The second-order valence-corrected chi connectivity index (χ2v) is 9.96. The summed E-state index contributed by atoms with van der Waals surface area (Å²) in [6.45, 7) is 5.26. The molecule has 1 saturated heterocycles. The summed E-state index contributed by atoms with van der Waals surface area (Å²) in [6.07, 6.45) is 1.50. The number of carbonyl (C=O) groups excluding carboxylic acids is 1. The van der Waals surface area contributed by atoms with Gasteiger partial charge in [-0.2, -0.15) is 4.31 Å². The maximum absolute atomic E-state index is 13.2. The number of anilines is 1. The van der Waals surface area contributed by atoms with Crippen LogP contribution in [0.25, 0.3) is 0 Å². The van der Waals surface area contributed by atoms with Crippen LogP contribution in [0.1, 0.15) is 35.3 Å². The van der Waals surface area contributed by atoms with Crippen LogP contribution in [0.5, 0.6) is 5.75 Å². The lowest BCUT2D eigenvalue weighted by atomic mass is 10.0. The lowest BCUT2D eigenvalue weighted by Crippen LogP contribution is -2.40. The molecule has 0 bridgehead atoms. The Morgan fingerprint density at radius 2 is 1.74 bits per heavy atom. The van der Waals surface area contributed by atoms with Crippen LogP contribution in [0.4, 0.5) is 5.69 Å². The van der Waals surface area contributed by atoms with Gasteiger partial charge in [-0.15, -0.1) is 0 Å². The first-order chi connectivity index (χ1) is 14.8. The number of ether oxygens (including phenoxy) is 2. The van der Waals surface area contributed by atoms with Gasteiger partial charge in [-0.05, 0) is 54.3 Å². The van der Waals surface area contributed by atoms with Crippen LogP contribution < -0.4 is 10.1 Å². The molecule has 0 atom stereocenters. The standard InChI is InChI=1S/C22H27BrN2O5S/c1-4-15-12-18(23)13-16(5-2)21(15)24-22(26)17-6-7-19(29-3)20(14-17)31(27,28)25-8-10-30-11-9-25/h6-7,12-14H,4-5,8-11H2,1-3H3,(H,24,26). The molecule has 2 aromatic carbocycles. The molecule has 0 spiro atoms. The van der Waals surface area contributed by atoms with Crippen LogP contribution in [0, 0.1) is 0 Å². The highest BCUT2D eigenvalue weighted by atomic mass is 79.9. The van der Waals surface area contributed by atoms with Gasteiger partial charge in [-0.25, -0.2) is 8.42 Å². The Kier molecular flexibility index (Phi) is 7.74. The molecular formula is C22H27BrN2O5S. The van der Waals surface area contributed by atoms with E-state index >= 15 is 0 Å². The quantitative estimate of drug-likeness (QED) is 0.611. The van der Waals surface area contributed by atoms with Gasteiger partial charge in [0.05, 0.1) is 20.3 Å². The molecule has 1 heterocycles. The zero-order valence-electron chi connectivity index (χ0n) is 17.9. The normalized spacial score (nSPS) is 15.0. The van der Waals surface area contributed by atoms with Crippen molar-refractivity contribution < 1.29 is 22.7 Å². The molecule has 1 fully saturated rings. The average Bonchev–Trinajstić information content (AvgIpc) is 2.79. The van der Waals surface area contributed by atoms with E-state index in [0.29, 0.717) is 13.2 Å². The molecule has 0 aromatic heterocycles. The van der Waals surface area contributed by atoms with Gasteiger partial charge in [0.2, 0.25) is 10.0 Å². The summed E-state index contributed by atoms with van der Waals surface area (Å²) in [5, 5.41) is 2.99. The highest BCUT2D eigenvalue weighted by Crippen LogP contribution is 2.31. The van der Waals surface area contributed by atoms with Crippen molar-refractivity contribution in [1.29, 1.82) is 0 Å². The number of hydrogen-bond acceptors (Lipinski definition) is 5. The molecule has 1 amide bonds. The van der Waals surface area contributed by atoms with Gasteiger partial charge in [0.15, 0.2) is 0 Å². The average molecular weight is 511 g/mol. The fourth-order valence-electron chi connectivity index (χ4n) is 3.57. The monoisotopic (exact) mass is 510 g/mol. The molecule has 168 valence electrons. The van der Waals surface area contributed by atoms with Crippen molar-refractivity contribution in [2.45, 2.75) is 31.6 Å². The number of aryl methyl sites for hydroxylation is 2. The Bertz CT molecular complexity index is 1040. The minimum Gasteiger partial charge on any atom is -0.495 e. The molecule has 2 aromatic rings. The van der Waals surface area contributed by atoms with E-state index in [9.17, 15) is 13.2 Å². The molecular weight excluding hydrogens is 484 g/mol. The Morgan fingerprint density at radius 3 is 2.29 bits per heavy atom. The Hall–Kier alpha value is -1.94. The molecule has 1 N–H and O–H groups in total. The minimum absolute atomic E-state index is 0.0215. The van der Waals surface area contributed by atoms with Gasteiger partial charge in [-0.3, -0.25) is 4.79 Å². The third-order valence-corrected chi connectivity index (χ3v) is 7.66. The van der Waals surface area contributed by atoms with E-state index in [2.05, 4.69) is 21.2 Å². The van der Waals surface area contributed by atoms with E-state index in [0.717, 1.165) is 34.1 Å². The van der Waals surface area contributed by atoms with Gasteiger partial charge in [0.1, 0.15) is 10.6 Å². The number of hydrogen-bond donors (Lipinski definition) is 1. The van der Waals surface area contributed by atoms with Gasteiger partial charge in [-0.1, -0.05) is 29.8 Å². The number of benzene rings is 2. The van der Waals surface area contributed by atoms with Gasteiger partial charge in [0, 0.05) is 28.8 Å². The number of nitrogens with zero attached hydrogens (tertiary/aromatic N) is 1. The van der Waals surface area contributed by atoms with Crippen molar-refractivity contribution in [3.05, 3.63) is 51.5 Å². The first-order valence-corrected chi connectivity index (χ1v) is 12.4. The predicted molar refractivity (Wildman–Crippen MR) is 123 cm³/mol. The summed E-state index contributed by atoms with van der Waals surface area (Å²) in [5.41, 5.74) is 3.04. The van der Waals surface area contributed by atoms with Crippen molar-refractivity contribution >= 4 is 37.5 Å². The van der Waals surface area contributed by atoms with E-state index in [-0.39, 0.29) is 35.2 Å². The summed E-state index contributed by atoms with van der Waals surface area (Å²) >= 11 is 3.52. The molecule has 7 nitrogen and oxygen atoms in total. The zero-order chi connectivity index (χ0) is 22.6. The first-order valence-electron chi connectivity index (χ1n) is 10.2. The van der Waals surface area contributed by atoms with Gasteiger partial charge in [0.25, 0.3) is 5.91 Å². The maximum atomic E-state index is 13.2. The third kappa shape index (κ3) is 5.11. The summed E-state index contributed by atoms with van der Waals surface area (Å²) in [4.78, 5) is 13.1. The molecule has 31 heavy (non-hydrogen) atoms. The number of amides is 1. The van der Waals surface area contributed by atoms with E-state index in [4.69, 9.17) is 9.47 Å². The molecule has 1 aliphatic heterocycles. The number of nitrogens with one attached hydrogen (secondary N) is 1. The van der Waals surface area contributed by atoms with Gasteiger partial charge < -0.3 is 14.8 Å². The summed E-state index contributed by atoms with van der Waals surface area (Å²) < 4.78 is 39.3. The largest absolute Gasteiger partial charge is 0.495 e. The van der Waals surface area contributed by atoms with Crippen molar-refractivity contribution in [3.63, 3.8) is 0 Å². The lowest BCUT2D eigenvalue weighted by molar-refractivity contribution is 0.0729. The number of sulfonamides is 1. The second-order valence-electron chi connectivity index (χ2n) is 7.14. The fourth-order valence-corrected chi connectivity index (χ4v) is 5.72. The maximum Gasteiger partial charge on any atom is 0.255 e. The van der Waals surface area contributed by atoms with Crippen molar-refractivity contribution in [2.24, 2.45) is 0 Å². The fraction of sp³-hybridized carbons (Fsp3) is 0.409. The summed E-state index contributed by atoms with van der Waals surface area (Å²) in [5.74, 6) is -0.164. The van der Waals surface area contributed by atoms with E-state index in [1.165, 1.54) is 23.5 Å². The molecule has 0 unspecified atom stereocenters. The SMILES string of the molecule is CCc1cc(Br)cc(CC)c1NC(=O)c1ccc(OC)c(S(=O)(=O)N2CCOCC2)c1. The molecule has 0 saturated carbocycles. The third-order valence-electron chi connectivity index (χ3n) is 5.28. The van der Waals surface area contributed by atoms with Gasteiger partial charge >= 0.3 is 0 Å². The molecule has 3 rings (SSSR count). The smallest absolute Gasteiger partial charge is 0.255 e. The summed E-state index contributed by atoms with van der Waals surface area (Å²) in [7, 11) is -2.41. The van der Waals surface area contributed by atoms with Crippen molar-refractivity contribution in [3.8, 4) is 5.75 Å². The number of carbonyl (C=O) groups is 1. The van der Waals surface area contributed by atoms with Crippen LogP contribution in [-0.2, 0) is 27.6 Å². The molecule has 0 aliphatic carbocycles. The first kappa shape index (κ1) is 23.7. The number of halogens is 1. The van der Waals surface area contributed by atoms with Crippen molar-refractivity contribution in [1.82, 2.24) is 4.31 Å².